The fourth-order valence-corrected chi connectivity index (χ4v) is 2.28. The Morgan fingerprint density at radius 2 is 2.14 bits per heavy atom. The van der Waals surface area contributed by atoms with Crippen molar-refractivity contribution >= 4 is 0 Å². The van der Waals surface area contributed by atoms with Gasteiger partial charge in [0.2, 0.25) is 0 Å². The highest BCUT2D eigenvalue weighted by Crippen LogP contribution is 2.21. The van der Waals surface area contributed by atoms with Crippen molar-refractivity contribution in [1.29, 1.82) is 0 Å². The number of hydrogen-bond acceptors (Lipinski definition) is 3. The summed E-state index contributed by atoms with van der Waals surface area (Å²) >= 11 is 0. The van der Waals surface area contributed by atoms with E-state index >= 15 is 0 Å². The molecule has 0 saturated carbocycles. The van der Waals surface area contributed by atoms with Crippen LogP contribution in [0.3, 0.4) is 0 Å². The molecule has 0 aliphatic heterocycles. The van der Waals surface area contributed by atoms with Gasteiger partial charge in [0.25, 0.3) is 0 Å². The van der Waals surface area contributed by atoms with Gasteiger partial charge in [-0.05, 0) is 48.7 Å². The van der Waals surface area contributed by atoms with Gasteiger partial charge in [-0.2, -0.15) is 0 Å². The molecule has 1 atom stereocenters. The number of pyridine rings is 1. The highest BCUT2D eigenvalue weighted by Gasteiger charge is 2.13. The molecule has 1 N–H and O–H groups in total. The zero-order chi connectivity index (χ0) is 15.1. The first-order valence-electron chi connectivity index (χ1n) is 7.19. The highest BCUT2D eigenvalue weighted by molar-refractivity contribution is 5.30. The maximum Gasteiger partial charge on any atom is 0.141 e. The maximum atomic E-state index is 13.4. The lowest BCUT2D eigenvalue weighted by Gasteiger charge is -2.19. The van der Waals surface area contributed by atoms with Gasteiger partial charge in [0.15, 0.2) is 0 Å². The fraction of sp³-hybridized carbons (Fsp3) is 0.353. The van der Waals surface area contributed by atoms with Gasteiger partial charge in [-0.15, -0.1) is 0 Å². The lowest BCUT2D eigenvalue weighted by molar-refractivity contribution is 0.413. The molecule has 0 aliphatic carbocycles. The lowest BCUT2D eigenvalue weighted by Crippen LogP contribution is -2.24. The lowest BCUT2D eigenvalue weighted by atomic mass is 10.00. The molecule has 0 fully saturated rings. The van der Waals surface area contributed by atoms with Crippen LogP contribution < -0.4 is 10.1 Å². The summed E-state index contributed by atoms with van der Waals surface area (Å²) in [4.78, 5) is 3.95. The summed E-state index contributed by atoms with van der Waals surface area (Å²) in [6, 6.07) is 9.53. The quantitative estimate of drug-likeness (QED) is 0.846. The van der Waals surface area contributed by atoms with Crippen LogP contribution in [0.15, 0.2) is 42.7 Å². The van der Waals surface area contributed by atoms with Gasteiger partial charge in [0.1, 0.15) is 11.6 Å². The molecular weight excluding hydrogens is 267 g/mol. The predicted molar refractivity (Wildman–Crippen MR) is 81.9 cm³/mol. The normalized spacial score (nSPS) is 12.1. The number of nitrogens with one attached hydrogen (secondary N) is 1. The minimum atomic E-state index is -0.304. The molecule has 0 saturated heterocycles. The van der Waals surface area contributed by atoms with Crippen LogP contribution in [0.4, 0.5) is 4.39 Å². The van der Waals surface area contributed by atoms with E-state index in [1.54, 1.807) is 19.4 Å². The van der Waals surface area contributed by atoms with E-state index in [-0.39, 0.29) is 11.9 Å². The summed E-state index contributed by atoms with van der Waals surface area (Å²) in [5.74, 6) is 0.528. The first kappa shape index (κ1) is 15.4. The van der Waals surface area contributed by atoms with Crippen LogP contribution in [0.1, 0.15) is 30.5 Å². The van der Waals surface area contributed by atoms with Gasteiger partial charge in [-0.3, -0.25) is 4.98 Å². The molecule has 0 bridgehead atoms. The summed E-state index contributed by atoms with van der Waals surface area (Å²) in [6.07, 6.45) is 4.74. The SMILES string of the molecule is CCCNC(Cc1cccc(OC)c1)c1cncc(F)c1. The van der Waals surface area contributed by atoms with Crippen LogP contribution in [0.5, 0.6) is 5.75 Å². The summed E-state index contributed by atoms with van der Waals surface area (Å²) in [5, 5.41) is 3.45. The number of halogens is 1. The van der Waals surface area contributed by atoms with Crippen molar-refractivity contribution in [2.75, 3.05) is 13.7 Å². The van der Waals surface area contributed by atoms with Crippen LogP contribution >= 0.6 is 0 Å². The smallest absolute Gasteiger partial charge is 0.141 e. The number of methoxy groups -OCH3 is 1. The van der Waals surface area contributed by atoms with E-state index in [1.165, 1.54) is 6.20 Å². The van der Waals surface area contributed by atoms with E-state index in [0.717, 1.165) is 36.3 Å². The van der Waals surface area contributed by atoms with Gasteiger partial charge in [0, 0.05) is 12.2 Å². The molecule has 1 heterocycles. The summed E-state index contributed by atoms with van der Waals surface area (Å²) in [5.41, 5.74) is 2.01. The Balaban J connectivity index is 2.19. The van der Waals surface area contributed by atoms with Crippen molar-refractivity contribution in [3.63, 3.8) is 0 Å². The van der Waals surface area contributed by atoms with Crippen molar-refractivity contribution in [2.45, 2.75) is 25.8 Å². The van der Waals surface area contributed by atoms with Crippen molar-refractivity contribution < 1.29 is 9.13 Å². The Kier molecular flexibility index (Phi) is 5.69. The van der Waals surface area contributed by atoms with Crippen molar-refractivity contribution in [3.8, 4) is 5.75 Å². The second kappa shape index (κ2) is 7.74. The minimum Gasteiger partial charge on any atom is -0.497 e. The minimum absolute atomic E-state index is 0.0419. The Bertz CT molecular complexity index is 574. The molecular formula is C17H21FN2O. The maximum absolute atomic E-state index is 13.4. The molecule has 0 amide bonds. The van der Waals surface area contributed by atoms with E-state index in [9.17, 15) is 4.39 Å². The first-order chi connectivity index (χ1) is 10.2. The van der Waals surface area contributed by atoms with E-state index in [1.807, 2.05) is 18.2 Å². The van der Waals surface area contributed by atoms with Gasteiger partial charge in [0.05, 0.1) is 13.3 Å². The van der Waals surface area contributed by atoms with Crippen LogP contribution in [0.25, 0.3) is 0 Å². The van der Waals surface area contributed by atoms with Crippen molar-refractivity contribution in [3.05, 3.63) is 59.7 Å². The third-order valence-electron chi connectivity index (χ3n) is 3.34. The summed E-state index contributed by atoms with van der Waals surface area (Å²) in [7, 11) is 1.66. The Hall–Kier alpha value is -1.94. The third-order valence-corrected chi connectivity index (χ3v) is 3.34. The molecule has 4 heteroatoms. The number of ether oxygens (including phenoxy) is 1. The number of benzene rings is 1. The van der Waals surface area contributed by atoms with Crippen LogP contribution in [0, 0.1) is 5.82 Å². The zero-order valence-corrected chi connectivity index (χ0v) is 12.5. The van der Waals surface area contributed by atoms with E-state index in [2.05, 4.69) is 23.3 Å². The zero-order valence-electron chi connectivity index (χ0n) is 12.5. The van der Waals surface area contributed by atoms with E-state index in [4.69, 9.17) is 4.74 Å². The molecule has 0 aliphatic rings. The average Bonchev–Trinajstić information content (AvgIpc) is 2.51. The van der Waals surface area contributed by atoms with Gasteiger partial charge >= 0.3 is 0 Å². The number of nitrogens with zero attached hydrogens (tertiary/aromatic N) is 1. The van der Waals surface area contributed by atoms with Crippen LogP contribution in [-0.2, 0) is 6.42 Å². The molecule has 1 aromatic carbocycles. The second-order valence-corrected chi connectivity index (χ2v) is 5.00. The third kappa shape index (κ3) is 4.53. The summed E-state index contributed by atoms with van der Waals surface area (Å²) < 4.78 is 18.6. The van der Waals surface area contributed by atoms with Crippen LogP contribution in [0.2, 0.25) is 0 Å². The Morgan fingerprint density at radius 3 is 2.86 bits per heavy atom. The molecule has 21 heavy (non-hydrogen) atoms. The van der Waals surface area contributed by atoms with Gasteiger partial charge < -0.3 is 10.1 Å². The van der Waals surface area contributed by atoms with Gasteiger partial charge in [-0.25, -0.2) is 4.39 Å². The standard InChI is InChI=1S/C17H21FN2O/c1-3-7-20-17(14-10-15(18)12-19-11-14)9-13-5-4-6-16(8-13)21-2/h4-6,8,10-12,17,20H,3,7,9H2,1-2H3. The largest absolute Gasteiger partial charge is 0.497 e. The number of aromatic nitrogens is 1. The van der Waals surface area contributed by atoms with Crippen molar-refractivity contribution in [1.82, 2.24) is 10.3 Å². The highest BCUT2D eigenvalue weighted by atomic mass is 19.1. The molecule has 3 nitrogen and oxygen atoms in total. The van der Waals surface area contributed by atoms with Crippen molar-refractivity contribution in [2.24, 2.45) is 0 Å². The molecule has 0 spiro atoms. The molecule has 0 radical (unpaired) electrons. The van der Waals surface area contributed by atoms with Gasteiger partial charge in [-0.1, -0.05) is 19.1 Å². The molecule has 1 unspecified atom stereocenters. The van der Waals surface area contributed by atoms with E-state index in [0.29, 0.717) is 0 Å². The van der Waals surface area contributed by atoms with Crippen LogP contribution in [-0.4, -0.2) is 18.6 Å². The number of hydrogen-bond donors (Lipinski definition) is 1. The van der Waals surface area contributed by atoms with E-state index < -0.39 is 0 Å². The molecule has 1 aromatic heterocycles. The fourth-order valence-electron chi connectivity index (χ4n) is 2.28. The first-order valence-corrected chi connectivity index (χ1v) is 7.19. The predicted octanol–water partition coefficient (Wildman–Crippen LogP) is 3.51. The topological polar surface area (TPSA) is 34.1 Å². The Labute approximate surface area is 125 Å². The summed E-state index contributed by atoms with van der Waals surface area (Å²) in [6.45, 7) is 2.99. The monoisotopic (exact) mass is 288 g/mol. The second-order valence-electron chi connectivity index (χ2n) is 5.00. The average molecular weight is 288 g/mol. The Morgan fingerprint density at radius 1 is 1.29 bits per heavy atom. The number of rotatable bonds is 7. The molecule has 2 rings (SSSR count). The molecule has 112 valence electrons. The molecule has 2 aromatic rings.